The Hall–Kier alpha value is -5.52. The van der Waals surface area contributed by atoms with Crippen LogP contribution in [0.5, 0.6) is 28.7 Å². The standard InChI is InChI=1S/C40H42N4O8/c1-48-27-9-7-24(8-10-27)25-15-32-37(45)42-31-19-36(34(50-3)17-29(31)38(46)43(32)22-25)52-14-6-4-5-13-51-35-18-30-28(16-33(35)49-2)39(47)44-23-40(11-12-40)20-26(44)21-41-30/h7-10,16-19,21-22,26,32H,4-6,11-15,20,23H2,1-3H3,(H,42,45)/t26-,32-/m0/s1. The first-order valence-electron chi connectivity index (χ1n) is 17.8. The molecule has 1 saturated carbocycles. The van der Waals surface area contributed by atoms with Crippen LogP contribution in [0.15, 0.2) is 59.7 Å². The van der Waals surface area contributed by atoms with Crippen LogP contribution in [0.2, 0.25) is 0 Å². The highest BCUT2D eigenvalue weighted by atomic mass is 16.5. The van der Waals surface area contributed by atoms with E-state index in [1.54, 1.807) is 44.7 Å². The van der Waals surface area contributed by atoms with E-state index in [0.29, 0.717) is 70.5 Å². The molecule has 2 atom stereocenters. The van der Waals surface area contributed by atoms with E-state index in [9.17, 15) is 14.4 Å². The molecular formula is C40H42N4O8. The molecule has 4 heterocycles. The highest BCUT2D eigenvalue weighted by Gasteiger charge is 2.53. The van der Waals surface area contributed by atoms with Gasteiger partial charge in [-0.3, -0.25) is 19.4 Å². The summed E-state index contributed by atoms with van der Waals surface area (Å²) in [7, 11) is 4.71. The maximum atomic E-state index is 13.7. The minimum absolute atomic E-state index is 0.00283. The summed E-state index contributed by atoms with van der Waals surface area (Å²) in [6.07, 6.45) is 9.75. The number of nitrogens with zero attached hydrogens (tertiary/aromatic N) is 3. The number of ether oxygens (including phenoxy) is 5. The second-order valence-electron chi connectivity index (χ2n) is 14.1. The topological polar surface area (TPSA) is 128 Å². The Labute approximate surface area is 302 Å². The lowest BCUT2D eigenvalue weighted by molar-refractivity contribution is -0.119. The van der Waals surface area contributed by atoms with Crippen LogP contribution in [0, 0.1) is 5.41 Å². The fraction of sp³-hybridized carbons (Fsp3) is 0.400. The summed E-state index contributed by atoms with van der Waals surface area (Å²) in [5, 5.41) is 2.94. The van der Waals surface area contributed by atoms with Crippen LogP contribution in [0.4, 0.5) is 11.4 Å². The van der Waals surface area contributed by atoms with Gasteiger partial charge in [-0.2, -0.15) is 0 Å². The van der Waals surface area contributed by atoms with Crippen LogP contribution in [0.1, 0.15) is 71.2 Å². The Morgan fingerprint density at radius 3 is 2.17 bits per heavy atom. The number of anilines is 1. The summed E-state index contributed by atoms with van der Waals surface area (Å²) < 4.78 is 28.7. The first-order chi connectivity index (χ1) is 25.3. The van der Waals surface area contributed by atoms with Crippen molar-refractivity contribution in [2.75, 3.05) is 46.4 Å². The second-order valence-corrected chi connectivity index (χ2v) is 14.1. The molecule has 12 nitrogen and oxygen atoms in total. The van der Waals surface area contributed by atoms with Gasteiger partial charge in [-0.05, 0) is 79.3 Å². The fourth-order valence-electron chi connectivity index (χ4n) is 7.66. The summed E-state index contributed by atoms with van der Waals surface area (Å²) in [6, 6.07) is 13.8. The van der Waals surface area contributed by atoms with E-state index in [1.807, 2.05) is 35.4 Å². The zero-order chi connectivity index (χ0) is 36.0. The fourth-order valence-corrected chi connectivity index (χ4v) is 7.66. The molecule has 270 valence electrons. The predicted molar refractivity (Wildman–Crippen MR) is 194 cm³/mol. The van der Waals surface area contributed by atoms with Crippen molar-refractivity contribution in [3.8, 4) is 28.7 Å². The van der Waals surface area contributed by atoms with Gasteiger partial charge in [-0.15, -0.1) is 0 Å². The zero-order valence-corrected chi connectivity index (χ0v) is 29.6. The summed E-state index contributed by atoms with van der Waals surface area (Å²) in [4.78, 5) is 48.6. The van der Waals surface area contributed by atoms with Crippen molar-refractivity contribution in [3.05, 3.63) is 71.4 Å². The molecule has 3 amide bonds. The van der Waals surface area contributed by atoms with E-state index in [-0.39, 0.29) is 23.8 Å². The van der Waals surface area contributed by atoms with Crippen molar-refractivity contribution in [3.63, 3.8) is 0 Å². The average Bonchev–Trinajstić information content (AvgIpc) is 3.66. The van der Waals surface area contributed by atoms with Gasteiger partial charge in [-0.1, -0.05) is 12.1 Å². The van der Waals surface area contributed by atoms with Crippen LogP contribution < -0.4 is 29.0 Å². The highest BCUT2D eigenvalue weighted by molar-refractivity contribution is 6.12. The Morgan fingerprint density at radius 2 is 1.50 bits per heavy atom. The number of carbonyl (C=O) groups excluding carboxylic acids is 3. The third-order valence-electron chi connectivity index (χ3n) is 10.8. The monoisotopic (exact) mass is 706 g/mol. The number of carbonyl (C=O) groups is 3. The molecule has 0 unspecified atom stereocenters. The lowest BCUT2D eigenvalue weighted by atomic mass is 10.0. The largest absolute Gasteiger partial charge is 0.497 e. The average molecular weight is 707 g/mol. The number of benzene rings is 3. The number of fused-ring (bicyclic) bond motifs is 4. The molecule has 1 N–H and O–H groups in total. The van der Waals surface area contributed by atoms with Crippen molar-refractivity contribution in [2.24, 2.45) is 10.4 Å². The van der Waals surface area contributed by atoms with Gasteiger partial charge in [0, 0.05) is 37.5 Å². The molecule has 1 aliphatic carbocycles. The van der Waals surface area contributed by atoms with E-state index in [4.69, 9.17) is 28.7 Å². The number of hydrogen-bond acceptors (Lipinski definition) is 9. The second kappa shape index (κ2) is 13.6. The van der Waals surface area contributed by atoms with E-state index in [1.165, 1.54) is 24.9 Å². The molecule has 8 rings (SSSR count). The minimum Gasteiger partial charge on any atom is -0.497 e. The molecule has 12 heteroatoms. The first-order valence-corrected chi connectivity index (χ1v) is 17.8. The normalized spacial score (nSPS) is 20.6. The van der Waals surface area contributed by atoms with Crippen LogP contribution in [0.3, 0.4) is 0 Å². The Kier molecular flexibility index (Phi) is 8.76. The molecule has 0 bridgehead atoms. The summed E-state index contributed by atoms with van der Waals surface area (Å²) in [6.45, 7) is 1.65. The molecule has 52 heavy (non-hydrogen) atoms. The Bertz CT molecular complexity index is 1990. The van der Waals surface area contributed by atoms with Crippen molar-refractivity contribution in [1.82, 2.24) is 9.80 Å². The molecule has 4 aliphatic heterocycles. The number of methoxy groups -OCH3 is 3. The molecule has 3 aromatic rings. The smallest absolute Gasteiger partial charge is 0.260 e. The maximum Gasteiger partial charge on any atom is 0.260 e. The van der Waals surface area contributed by atoms with Gasteiger partial charge in [0.2, 0.25) is 5.91 Å². The molecule has 1 saturated heterocycles. The number of nitrogens with one attached hydrogen (secondary N) is 1. The molecule has 5 aliphatic rings. The Morgan fingerprint density at radius 1 is 0.808 bits per heavy atom. The zero-order valence-electron chi connectivity index (χ0n) is 29.6. The number of rotatable bonds is 12. The van der Waals surface area contributed by atoms with Gasteiger partial charge in [-0.25, -0.2) is 0 Å². The van der Waals surface area contributed by atoms with Gasteiger partial charge >= 0.3 is 0 Å². The summed E-state index contributed by atoms with van der Waals surface area (Å²) in [5.41, 5.74) is 4.00. The number of aliphatic imine (C=N–C) groups is 1. The van der Waals surface area contributed by atoms with Gasteiger partial charge in [0.15, 0.2) is 23.0 Å². The van der Waals surface area contributed by atoms with Gasteiger partial charge in [0.1, 0.15) is 11.8 Å². The number of unbranched alkanes of at least 4 members (excludes halogenated alkanes) is 2. The van der Waals surface area contributed by atoms with Crippen LogP contribution >= 0.6 is 0 Å². The third kappa shape index (κ3) is 6.20. The summed E-state index contributed by atoms with van der Waals surface area (Å²) >= 11 is 0. The van der Waals surface area contributed by atoms with Crippen LogP contribution in [-0.2, 0) is 4.79 Å². The highest BCUT2D eigenvalue weighted by Crippen LogP contribution is 2.55. The van der Waals surface area contributed by atoms with Crippen molar-refractivity contribution < 1.29 is 38.1 Å². The van der Waals surface area contributed by atoms with Crippen molar-refractivity contribution in [2.45, 2.75) is 57.0 Å². The number of hydrogen-bond donors (Lipinski definition) is 1. The molecular weight excluding hydrogens is 664 g/mol. The molecule has 1 spiro atoms. The van der Waals surface area contributed by atoms with E-state index >= 15 is 0 Å². The van der Waals surface area contributed by atoms with E-state index < -0.39 is 6.04 Å². The van der Waals surface area contributed by atoms with Crippen LogP contribution in [-0.4, -0.2) is 86.9 Å². The summed E-state index contributed by atoms with van der Waals surface area (Å²) in [5.74, 6) is 2.11. The van der Waals surface area contributed by atoms with Crippen LogP contribution in [0.25, 0.3) is 5.57 Å². The quantitative estimate of drug-likeness (QED) is 0.219. The van der Waals surface area contributed by atoms with Crippen molar-refractivity contribution >= 4 is 40.9 Å². The maximum absolute atomic E-state index is 13.7. The molecule has 3 aromatic carbocycles. The number of amides is 3. The minimum atomic E-state index is -0.664. The molecule has 0 aromatic heterocycles. The van der Waals surface area contributed by atoms with E-state index in [2.05, 4.69) is 5.32 Å². The Balaban J connectivity index is 0.861. The van der Waals surface area contributed by atoms with Gasteiger partial charge < -0.3 is 38.8 Å². The van der Waals surface area contributed by atoms with E-state index in [0.717, 1.165) is 49.1 Å². The van der Waals surface area contributed by atoms with Gasteiger partial charge in [0.05, 0.1) is 63.1 Å². The molecule has 0 radical (unpaired) electrons. The third-order valence-corrected chi connectivity index (χ3v) is 10.8. The lowest BCUT2D eigenvalue weighted by Gasteiger charge is -2.21. The first kappa shape index (κ1) is 33.6. The lowest BCUT2D eigenvalue weighted by Crippen LogP contribution is -2.38. The van der Waals surface area contributed by atoms with Crippen molar-refractivity contribution in [1.29, 1.82) is 0 Å². The van der Waals surface area contributed by atoms with Gasteiger partial charge in [0.25, 0.3) is 11.8 Å². The SMILES string of the molecule is COc1ccc(C2=CN3C(=O)c4cc(OC)c(OCCCCCOc5cc6c(cc5OC)C(=O)N5CC7(CC7)C[C@H]5C=N6)cc4NC(=O)[C@@H]3C2)cc1. The molecule has 2 fully saturated rings. The predicted octanol–water partition coefficient (Wildman–Crippen LogP) is 6.26.